The first kappa shape index (κ1) is 22.8. The van der Waals surface area contributed by atoms with Crippen molar-refractivity contribution in [2.45, 2.75) is 5.92 Å². The van der Waals surface area contributed by atoms with Crippen LogP contribution in [-0.2, 0) is 19.2 Å². The van der Waals surface area contributed by atoms with Gasteiger partial charge in [0.2, 0.25) is 12.5 Å². The number of esters is 1. The third-order valence-electron chi connectivity index (χ3n) is 6.64. The summed E-state index contributed by atoms with van der Waals surface area (Å²) in [7, 11) is 4.66. The van der Waals surface area contributed by atoms with Crippen LogP contribution in [0, 0.1) is 0 Å². The first-order valence-corrected chi connectivity index (χ1v) is 11.6. The van der Waals surface area contributed by atoms with E-state index in [2.05, 4.69) is 0 Å². The number of cyclic esters (lactones) is 1. The summed E-state index contributed by atoms with van der Waals surface area (Å²) in [4.78, 5) is 19.5. The molecule has 0 aromatic heterocycles. The summed E-state index contributed by atoms with van der Waals surface area (Å²) in [6, 6.07) is 7.44. The van der Waals surface area contributed by atoms with E-state index in [1.165, 1.54) is 0 Å². The van der Waals surface area contributed by atoms with Crippen LogP contribution >= 0.6 is 0 Å². The average molecular weight is 498 g/mol. The number of methoxy groups -OCH3 is 3. The van der Waals surface area contributed by atoms with Crippen LogP contribution in [0.15, 0.2) is 35.5 Å². The molecule has 4 aliphatic rings. The lowest BCUT2D eigenvalue weighted by molar-refractivity contribution is -0.199. The third kappa shape index (κ3) is 3.58. The molecule has 0 radical (unpaired) electrons. The van der Waals surface area contributed by atoms with E-state index in [0.29, 0.717) is 66.3 Å². The number of hydrogen-bond acceptors (Lipinski definition) is 11. The minimum absolute atomic E-state index is 0.0767. The highest BCUT2D eigenvalue weighted by atomic mass is 16.8. The largest absolute Gasteiger partial charge is 0.493 e. The van der Waals surface area contributed by atoms with E-state index in [1.54, 1.807) is 26.4 Å². The maximum absolute atomic E-state index is 13.2. The van der Waals surface area contributed by atoms with E-state index in [9.17, 15) is 4.79 Å². The Morgan fingerprint density at radius 3 is 2.25 bits per heavy atom. The number of nitrogens with zero attached hydrogens (tertiary/aromatic N) is 2. The van der Waals surface area contributed by atoms with Crippen molar-refractivity contribution in [2.24, 2.45) is 0 Å². The highest BCUT2D eigenvalue weighted by molar-refractivity contribution is 5.97. The zero-order chi connectivity index (χ0) is 24.8. The predicted octanol–water partition coefficient (Wildman–Crippen LogP) is 2.38. The number of rotatable bonds is 6. The zero-order valence-electron chi connectivity index (χ0n) is 20.2. The number of benzene rings is 2. The van der Waals surface area contributed by atoms with Gasteiger partial charge in [0.25, 0.3) is 0 Å². The monoisotopic (exact) mass is 498 g/mol. The van der Waals surface area contributed by atoms with Crippen LogP contribution in [0.2, 0.25) is 0 Å². The molecule has 1 atom stereocenters. The van der Waals surface area contributed by atoms with Gasteiger partial charge in [-0.15, -0.1) is 0 Å². The van der Waals surface area contributed by atoms with Gasteiger partial charge in [-0.25, -0.2) is 9.86 Å². The SMILES string of the molecule is COc1cc(C2C3=C(COC3=O)N(ON3CCOCC3)c3cc4c(cc32)OCO4)cc(OC)c1OC. The van der Waals surface area contributed by atoms with E-state index in [0.717, 1.165) is 16.8 Å². The molecule has 0 N–H and O–H groups in total. The first-order valence-electron chi connectivity index (χ1n) is 11.6. The third-order valence-corrected chi connectivity index (χ3v) is 6.64. The van der Waals surface area contributed by atoms with E-state index < -0.39 is 11.9 Å². The van der Waals surface area contributed by atoms with Crippen LogP contribution < -0.4 is 28.7 Å². The minimum Gasteiger partial charge on any atom is -0.493 e. The summed E-state index contributed by atoms with van der Waals surface area (Å²) in [6.07, 6.45) is 0. The number of ether oxygens (including phenoxy) is 7. The molecule has 4 aliphatic heterocycles. The Labute approximate surface area is 207 Å². The maximum Gasteiger partial charge on any atom is 0.337 e. The summed E-state index contributed by atoms with van der Waals surface area (Å²) in [5.74, 6) is 1.70. The molecule has 0 spiro atoms. The number of hydroxylamine groups is 3. The summed E-state index contributed by atoms with van der Waals surface area (Å²) in [5, 5.41) is 3.47. The Kier molecular flexibility index (Phi) is 5.75. The van der Waals surface area contributed by atoms with Crippen molar-refractivity contribution in [1.29, 1.82) is 0 Å². The predicted molar refractivity (Wildman–Crippen MR) is 124 cm³/mol. The average Bonchev–Trinajstić information content (AvgIpc) is 3.53. The number of morpholine rings is 1. The van der Waals surface area contributed by atoms with Gasteiger partial charge >= 0.3 is 5.97 Å². The Bertz CT molecular complexity index is 1210. The molecule has 190 valence electrons. The molecule has 0 bridgehead atoms. The van der Waals surface area contributed by atoms with Gasteiger partial charge in [0.05, 0.1) is 64.6 Å². The second-order valence-corrected chi connectivity index (χ2v) is 8.51. The number of anilines is 1. The lowest BCUT2D eigenvalue weighted by Crippen LogP contribution is -2.43. The summed E-state index contributed by atoms with van der Waals surface area (Å²) in [6.45, 7) is 2.47. The van der Waals surface area contributed by atoms with Gasteiger partial charge < -0.3 is 33.2 Å². The molecule has 0 amide bonds. The molecule has 11 nitrogen and oxygen atoms in total. The van der Waals surface area contributed by atoms with Gasteiger partial charge in [-0.1, -0.05) is 0 Å². The lowest BCUT2D eigenvalue weighted by atomic mass is 9.80. The molecule has 1 saturated heterocycles. The van der Waals surface area contributed by atoms with Crippen molar-refractivity contribution in [1.82, 2.24) is 5.06 Å². The van der Waals surface area contributed by atoms with Crippen LogP contribution in [0.3, 0.4) is 0 Å². The molecule has 2 aromatic rings. The number of fused-ring (bicyclic) bond motifs is 2. The summed E-state index contributed by atoms with van der Waals surface area (Å²) < 4.78 is 39.0. The molecule has 1 unspecified atom stereocenters. The van der Waals surface area contributed by atoms with Crippen molar-refractivity contribution >= 4 is 11.7 Å². The van der Waals surface area contributed by atoms with Crippen LogP contribution in [0.25, 0.3) is 0 Å². The second kappa shape index (κ2) is 9.08. The van der Waals surface area contributed by atoms with Gasteiger partial charge in [-0.05, 0) is 29.3 Å². The van der Waals surface area contributed by atoms with Gasteiger partial charge in [0.1, 0.15) is 6.61 Å². The zero-order valence-corrected chi connectivity index (χ0v) is 20.2. The molecule has 0 aliphatic carbocycles. The summed E-state index contributed by atoms with van der Waals surface area (Å²) >= 11 is 0. The van der Waals surface area contributed by atoms with E-state index in [4.69, 9.17) is 38.1 Å². The van der Waals surface area contributed by atoms with E-state index >= 15 is 0 Å². The standard InChI is InChI=1S/C25H26N2O9/c1-29-20-8-14(9-21(30-2)24(20)31-3)22-15-10-18-19(35-13-34-18)11-16(15)27(17-12-33-25(28)23(17)22)36-26-4-6-32-7-5-26/h8-11,22H,4-7,12-13H2,1-3H3. The van der Waals surface area contributed by atoms with Gasteiger partial charge in [0, 0.05) is 12.0 Å². The normalized spacial score (nSPS) is 20.7. The van der Waals surface area contributed by atoms with Crippen molar-refractivity contribution in [2.75, 3.05) is 66.1 Å². The fraction of sp³-hybridized carbons (Fsp3) is 0.400. The second-order valence-electron chi connectivity index (χ2n) is 8.51. The Morgan fingerprint density at radius 1 is 0.889 bits per heavy atom. The number of carbonyl (C=O) groups excluding carboxylic acids is 1. The molecule has 6 rings (SSSR count). The van der Waals surface area contributed by atoms with Crippen molar-refractivity contribution in [3.05, 3.63) is 46.7 Å². The topological polar surface area (TPSA) is 97.4 Å². The molecule has 1 fully saturated rings. The molecule has 11 heteroatoms. The van der Waals surface area contributed by atoms with Gasteiger partial charge in [-0.2, -0.15) is 10.0 Å². The molecule has 2 aromatic carbocycles. The first-order chi connectivity index (χ1) is 17.6. The van der Waals surface area contributed by atoms with Gasteiger partial charge in [-0.3, -0.25) is 0 Å². The van der Waals surface area contributed by atoms with Crippen LogP contribution in [0.5, 0.6) is 28.7 Å². The molecule has 36 heavy (non-hydrogen) atoms. The Morgan fingerprint density at radius 2 is 1.58 bits per heavy atom. The van der Waals surface area contributed by atoms with Gasteiger partial charge in [0.15, 0.2) is 23.0 Å². The fourth-order valence-electron chi connectivity index (χ4n) is 4.97. The highest BCUT2D eigenvalue weighted by Crippen LogP contribution is 2.53. The lowest BCUT2D eigenvalue weighted by Gasteiger charge is -2.38. The van der Waals surface area contributed by atoms with E-state index in [1.807, 2.05) is 29.3 Å². The van der Waals surface area contributed by atoms with Crippen LogP contribution in [0.1, 0.15) is 17.0 Å². The Balaban J connectivity index is 1.54. The van der Waals surface area contributed by atoms with Crippen molar-refractivity contribution in [3.63, 3.8) is 0 Å². The molecule has 0 saturated carbocycles. The summed E-state index contributed by atoms with van der Waals surface area (Å²) in [5.41, 5.74) is 3.38. The van der Waals surface area contributed by atoms with Crippen LogP contribution in [-0.4, -0.2) is 72.1 Å². The maximum atomic E-state index is 13.2. The number of hydrogen-bond donors (Lipinski definition) is 0. The highest BCUT2D eigenvalue weighted by Gasteiger charge is 2.45. The smallest absolute Gasteiger partial charge is 0.337 e. The fourth-order valence-corrected chi connectivity index (χ4v) is 4.97. The van der Waals surface area contributed by atoms with Crippen molar-refractivity contribution < 1.29 is 42.9 Å². The molecule has 4 heterocycles. The quantitative estimate of drug-likeness (QED) is 0.549. The molecular weight excluding hydrogens is 472 g/mol. The van der Waals surface area contributed by atoms with Crippen molar-refractivity contribution in [3.8, 4) is 28.7 Å². The minimum atomic E-state index is -0.502. The number of carbonyl (C=O) groups is 1. The van der Waals surface area contributed by atoms with Crippen LogP contribution in [0.4, 0.5) is 5.69 Å². The molecular formula is C25H26N2O9. The Hall–Kier alpha value is -3.67. The van der Waals surface area contributed by atoms with E-state index in [-0.39, 0.29) is 13.4 Å².